The molecule has 0 atom stereocenters. The van der Waals surface area contributed by atoms with Gasteiger partial charge in [0.25, 0.3) is 11.5 Å². The number of pyridine rings is 1. The number of thioether (sulfide) groups is 1. The summed E-state index contributed by atoms with van der Waals surface area (Å²) in [6.07, 6.45) is 3.60. The summed E-state index contributed by atoms with van der Waals surface area (Å²) < 4.78 is 1.56. The molecule has 0 spiro atoms. The van der Waals surface area contributed by atoms with E-state index in [0.29, 0.717) is 12.1 Å². The van der Waals surface area contributed by atoms with Crippen molar-refractivity contribution in [1.82, 2.24) is 4.57 Å². The first-order valence-corrected chi connectivity index (χ1v) is 9.49. The monoisotopic (exact) mass is 364 g/mol. The Morgan fingerprint density at radius 1 is 1.08 bits per heavy atom. The van der Waals surface area contributed by atoms with Crippen LogP contribution in [0.15, 0.2) is 76.6 Å². The van der Waals surface area contributed by atoms with E-state index in [-0.39, 0.29) is 11.5 Å². The molecule has 0 aliphatic carbocycles. The van der Waals surface area contributed by atoms with E-state index >= 15 is 0 Å². The molecule has 0 fully saturated rings. The van der Waals surface area contributed by atoms with Crippen LogP contribution in [-0.2, 0) is 6.54 Å². The van der Waals surface area contributed by atoms with E-state index in [2.05, 4.69) is 5.32 Å². The summed E-state index contributed by atoms with van der Waals surface area (Å²) in [5.41, 5.74) is 3.22. The lowest BCUT2D eigenvalue weighted by Crippen LogP contribution is -2.22. The summed E-state index contributed by atoms with van der Waals surface area (Å²) in [6, 6.07) is 18.6. The average molecular weight is 364 g/mol. The fourth-order valence-electron chi connectivity index (χ4n) is 2.70. The Labute approximate surface area is 156 Å². The quantitative estimate of drug-likeness (QED) is 0.691. The van der Waals surface area contributed by atoms with Crippen molar-refractivity contribution in [3.05, 3.63) is 93.9 Å². The van der Waals surface area contributed by atoms with Crippen LogP contribution in [0.4, 0.5) is 5.69 Å². The number of aromatic nitrogens is 1. The molecule has 0 unspecified atom stereocenters. The molecule has 0 aliphatic rings. The number of aryl methyl sites for hydroxylation is 1. The predicted molar refractivity (Wildman–Crippen MR) is 107 cm³/mol. The van der Waals surface area contributed by atoms with E-state index in [1.807, 2.05) is 61.7 Å². The van der Waals surface area contributed by atoms with Crippen molar-refractivity contribution in [2.45, 2.75) is 18.4 Å². The second-order valence-corrected chi connectivity index (χ2v) is 6.94. The number of benzene rings is 2. The van der Waals surface area contributed by atoms with Crippen molar-refractivity contribution >= 4 is 23.4 Å². The zero-order chi connectivity index (χ0) is 18.5. The second kappa shape index (κ2) is 8.06. The normalized spacial score (nSPS) is 10.5. The van der Waals surface area contributed by atoms with Gasteiger partial charge in [0.2, 0.25) is 0 Å². The van der Waals surface area contributed by atoms with Gasteiger partial charge in [-0.3, -0.25) is 9.59 Å². The molecular formula is C21H20N2O2S. The molecule has 0 saturated heterocycles. The van der Waals surface area contributed by atoms with Crippen LogP contribution in [-0.4, -0.2) is 16.7 Å². The summed E-state index contributed by atoms with van der Waals surface area (Å²) in [7, 11) is 0. The van der Waals surface area contributed by atoms with Gasteiger partial charge in [-0.25, -0.2) is 0 Å². The Bertz CT molecular complexity index is 995. The number of rotatable bonds is 5. The maximum atomic E-state index is 12.6. The van der Waals surface area contributed by atoms with E-state index in [9.17, 15) is 9.59 Å². The molecule has 3 rings (SSSR count). The number of anilines is 1. The maximum absolute atomic E-state index is 12.6. The van der Waals surface area contributed by atoms with Gasteiger partial charge in [-0.05, 0) is 43.0 Å². The molecule has 1 N–H and O–H groups in total. The molecule has 0 aliphatic heterocycles. The number of hydrogen-bond acceptors (Lipinski definition) is 3. The van der Waals surface area contributed by atoms with Crippen LogP contribution in [0.25, 0.3) is 0 Å². The molecule has 26 heavy (non-hydrogen) atoms. The van der Waals surface area contributed by atoms with Crippen LogP contribution in [0.3, 0.4) is 0 Å². The third-order valence-electron chi connectivity index (χ3n) is 4.01. The van der Waals surface area contributed by atoms with Crippen molar-refractivity contribution in [3.8, 4) is 0 Å². The van der Waals surface area contributed by atoms with Gasteiger partial charge in [0.15, 0.2) is 0 Å². The summed E-state index contributed by atoms with van der Waals surface area (Å²) in [4.78, 5) is 25.8. The number of carbonyl (C=O) groups excluding carboxylic acids is 1. The van der Waals surface area contributed by atoms with Crippen LogP contribution in [0.2, 0.25) is 0 Å². The molecule has 5 heteroatoms. The highest BCUT2D eigenvalue weighted by Crippen LogP contribution is 2.19. The SMILES string of the molecule is CSc1cccc(NC(=O)c2ccc(=O)n(Cc3cccc(C)c3)c2)c1. The van der Waals surface area contributed by atoms with Gasteiger partial charge in [0, 0.05) is 22.8 Å². The number of nitrogens with zero attached hydrogens (tertiary/aromatic N) is 1. The van der Waals surface area contributed by atoms with Crippen molar-refractivity contribution in [1.29, 1.82) is 0 Å². The van der Waals surface area contributed by atoms with E-state index < -0.39 is 0 Å². The summed E-state index contributed by atoms with van der Waals surface area (Å²) >= 11 is 1.62. The smallest absolute Gasteiger partial charge is 0.257 e. The molecule has 0 saturated carbocycles. The summed E-state index contributed by atoms with van der Waals surface area (Å²) in [6.45, 7) is 2.45. The standard InChI is InChI=1S/C21H20N2O2S/c1-15-5-3-6-16(11-15)13-23-14-17(9-10-20(23)24)21(25)22-18-7-4-8-19(12-18)26-2/h3-12,14H,13H2,1-2H3,(H,22,25). The van der Waals surface area contributed by atoms with E-state index in [1.165, 1.54) is 6.07 Å². The first kappa shape index (κ1) is 18.0. The third kappa shape index (κ3) is 4.43. The van der Waals surface area contributed by atoms with Crippen LogP contribution in [0.1, 0.15) is 21.5 Å². The van der Waals surface area contributed by atoms with Gasteiger partial charge >= 0.3 is 0 Å². The Morgan fingerprint density at radius 3 is 2.65 bits per heavy atom. The van der Waals surface area contributed by atoms with Crippen LogP contribution in [0, 0.1) is 6.92 Å². The fraction of sp³-hybridized carbons (Fsp3) is 0.143. The minimum atomic E-state index is -0.235. The van der Waals surface area contributed by atoms with Gasteiger partial charge < -0.3 is 9.88 Å². The van der Waals surface area contributed by atoms with Crippen LogP contribution >= 0.6 is 11.8 Å². The predicted octanol–water partition coefficient (Wildman–Crippen LogP) is 4.18. The van der Waals surface area contributed by atoms with Crippen molar-refractivity contribution in [2.24, 2.45) is 0 Å². The topological polar surface area (TPSA) is 51.1 Å². The lowest BCUT2D eigenvalue weighted by Gasteiger charge is -2.10. The van der Waals surface area contributed by atoms with E-state index in [4.69, 9.17) is 0 Å². The fourth-order valence-corrected chi connectivity index (χ4v) is 3.16. The molecule has 1 heterocycles. The Balaban J connectivity index is 1.82. The highest BCUT2D eigenvalue weighted by Gasteiger charge is 2.09. The minimum Gasteiger partial charge on any atom is -0.322 e. The van der Waals surface area contributed by atoms with Gasteiger partial charge in [-0.15, -0.1) is 11.8 Å². The van der Waals surface area contributed by atoms with Crippen molar-refractivity contribution in [3.63, 3.8) is 0 Å². The zero-order valence-corrected chi connectivity index (χ0v) is 15.5. The molecule has 2 aromatic carbocycles. The number of nitrogens with one attached hydrogen (secondary N) is 1. The molecule has 1 amide bonds. The molecule has 3 aromatic rings. The molecule has 132 valence electrons. The van der Waals surface area contributed by atoms with Gasteiger partial charge in [0.1, 0.15) is 0 Å². The number of carbonyl (C=O) groups is 1. The number of hydrogen-bond donors (Lipinski definition) is 1. The first-order valence-electron chi connectivity index (χ1n) is 8.26. The Kier molecular flexibility index (Phi) is 5.58. The lowest BCUT2D eigenvalue weighted by atomic mass is 10.1. The van der Waals surface area contributed by atoms with Crippen LogP contribution < -0.4 is 10.9 Å². The van der Waals surface area contributed by atoms with Gasteiger partial charge in [0.05, 0.1) is 12.1 Å². The summed E-state index contributed by atoms with van der Waals surface area (Å²) in [5.74, 6) is -0.235. The lowest BCUT2D eigenvalue weighted by molar-refractivity contribution is 0.102. The second-order valence-electron chi connectivity index (χ2n) is 6.06. The zero-order valence-electron chi connectivity index (χ0n) is 14.7. The first-order chi connectivity index (χ1) is 12.5. The van der Waals surface area contributed by atoms with Crippen molar-refractivity contribution < 1.29 is 4.79 Å². The molecular weight excluding hydrogens is 344 g/mol. The largest absolute Gasteiger partial charge is 0.322 e. The highest BCUT2D eigenvalue weighted by atomic mass is 32.2. The molecule has 0 radical (unpaired) electrons. The molecule has 4 nitrogen and oxygen atoms in total. The van der Waals surface area contributed by atoms with Gasteiger partial charge in [-0.2, -0.15) is 0 Å². The highest BCUT2D eigenvalue weighted by molar-refractivity contribution is 7.98. The molecule has 0 bridgehead atoms. The Morgan fingerprint density at radius 2 is 1.88 bits per heavy atom. The average Bonchev–Trinajstić information content (AvgIpc) is 2.63. The van der Waals surface area contributed by atoms with Crippen LogP contribution in [0.5, 0.6) is 0 Å². The van der Waals surface area contributed by atoms with Crippen molar-refractivity contribution in [2.75, 3.05) is 11.6 Å². The molecule has 1 aromatic heterocycles. The summed E-state index contributed by atoms with van der Waals surface area (Å²) in [5, 5.41) is 2.88. The Hall–Kier alpha value is -2.79. The minimum absolute atomic E-state index is 0.132. The van der Waals surface area contributed by atoms with E-state index in [0.717, 1.165) is 21.7 Å². The maximum Gasteiger partial charge on any atom is 0.257 e. The third-order valence-corrected chi connectivity index (χ3v) is 4.73. The van der Waals surface area contributed by atoms with Gasteiger partial charge in [-0.1, -0.05) is 35.9 Å². The van der Waals surface area contributed by atoms with E-state index in [1.54, 1.807) is 28.6 Å². The number of amides is 1.